The van der Waals surface area contributed by atoms with Crippen LogP contribution >= 0.6 is 0 Å². The molecule has 0 spiro atoms. The van der Waals surface area contributed by atoms with Gasteiger partial charge in [0.15, 0.2) is 0 Å². The first-order valence-electron chi connectivity index (χ1n) is 9.22. The zero-order valence-corrected chi connectivity index (χ0v) is 15.5. The maximum Gasteiger partial charge on any atom is 0.227 e. The smallest absolute Gasteiger partial charge is 0.227 e. The van der Waals surface area contributed by atoms with Gasteiger partial charge in [0, 0.05) is 24.7 Å². The number of piperidine rings is 1. The minimum atomic E-state index is -0.0309. The van der Waals surface area contributed by atoms with Gasteiger partial charge in [0.2, 0.25) is 11.8 Å². The normalized spacial score (nSPS) is 14.9. The van der Waals surface area contributed by atoms with Crippen LogP contribution < -0.4 is 5.32 Å². The third-order valence-electron chi connectivity index (χ3n) is 4.91. The van der Waals surface area contributed by atoms with E-state index in [4.69, 9.17) is 0 Å². The van der Waals surface area contributed by atoms with Gasteiger partial charge in [0.1, 0.15) is 0 Å². The minimum Gasteiger partial charge on any atom is -0.342 e. The molecule has 3 rings (SSSR count). The Kier molecular flexibility index (Phi) is 5.71. The van der Waals surface area contributed by atoms with E-state index < -0.39 is 0 Å². The molecule has 0 saturated carbocycles. The van der Waals surface area contributed by atoms with Crippen molar-refractivity contribution in [3.8, 4) is 0 Å². The van der Waals surface area contributed by atoms with Gasteiger partial charge in [0.05, 0.1) is 6.42 Å². The lowest BCUT2D eigenvalue weighted by molar-refractivity contribution is -0.133. The summed E-state index contributed by atoms with van der Waals surface area (Å²) in [6.07, 6.45) is 1.87. The molecule has 1 aliphatic heterocycles. The second-order valence-electron chi connectivity index (χ2n) is 7.18. The Hall–Kier alpha value is -2.62. The number of nitrogens with zero attached hydrogens (tertiary/aromatic N) is 1. The number of amides is 2. The van der Waals surface area contributed by atoms with Crippen LogP contribution in [0.2, 0.25) is 0 Å². The van der Waals surface area contributed by atoms with Crippen LogP contribution in [0.25, 0.3) is 0 Å². The van der Waals surface area contributed by atoms with Crippen LogP contribution in [0.3, 0.4) is 0 Å². The second-order valence-corrected chi connectivity index (χ2v) is 7.18. The van der Waals surface area contributed by atoms with Crippen LogP contribution in [0.5, 0.6) is 0 Å². The number of carbonyl (C=O) groups is 2. The highest BCUT2D eigenvalue weighted by atomic mass is 16.2. The average Bonchev–Trinajstić information content (AvgIpc) is 2.62. The Morgan fingerprint density at radius 3 is 2.23 bits per heavy atom. The fraction of sp³-hybridized carbons (Fsp3) is 0.364. The predicted octanol–water partition coefficient (Wildman–Crippen LogP) is 3.72. The van der Waals surface area contributed by atoms with E-state index in [-0.39, 0.29) is 17.7 Å². The highest BCUT2D eigenvalue weighted by Gasteiger charge is 2.27. The molecular weight excluding hydrogens is 324 g/mol. The molecule has 2 aromatic rings. The molecule has 2 amide bonds. The van der Waals surface area contributed by atoms with Gasteiger partial charge in [-0.2, -0.15) is 0 Å². The molecule has 4 heteroatoms. The number of hydrogen-bond donors (Lipinski definition) is 1. The van der Waals surface area contributed by atoms with Gasteiger partial charge in [-0.1, -0.05) is 36.4 Å². The van der Waals surface area contributed by atoms with Crippen molar-refractivity contribution >= 4 is 17.5 Å². The highest BCUT2D eigenvalue weighted by Crippen LogP contribution is 2.21. The van der Waals surface area contributed by atoms with Crippen molar-refractivity contribution in [2.75, 3.05) is 18.4 Å². The molecule has 0 aromatic heterocycles. The van der Waals surface area contributed by atoms with Gasteiger partial charge < -0.3 is 10.2 Å². The lowest BCUT2D eigenvalue weighted by Crippen LogP contribution is -2.42. The molecule has 0 aliphatic carbocycles. The Morgan fingerprint density at radius 2 is 1.62 bits per heavy atom. The van der Waals surface area contributed by atoms with E-state index in [0.29, 0.717) is 19.5 Å². The first kappa shape index (κ1) is 18.2. The molecule has 1 fully saturated rings. The Labute approximate surface area is 155 Å². The van der Waals surface area contributed by atoms with Crippen LogP contribution in [0, 0.1) is 19.8 Å². The summed E-state index contributed by atoms with van der Waals surface area (Å²) in [4.78, 5) is 26.9. The lowest BCUT2D eigenvalue weighted by Gasteiger charge is -2.31. The first-order valence-corrected chi connectivity index (χ1v) is 9.22. The largest absolute Gasteiger partial charge is 0.342 e. The Bertz CT molecular complexity index is 758. The van der Waals surface area contributed by atoms with Gasteiger partial charge in [-0.15, -0.1) is 0 Å². The minimum absolute atomic E-state index is 0.0309. The fourth-order valence-corrected chi connectivity index (χ4v) is 3.56. The summed E-state index contributed by atoms with van der Waals surface area (Å²) in [7, 11) is 0. The second kappa shape index (κ2) is 8.17. The van der Waals surface area contributed by atoms with E-state index in [9.17, 15) is 9.59 Å². The molecule has 1 N–H and O–H groups in total. The predicted molar refractivity (Wildman–Crippen MR) is 104 cm³/mol. The molecule has 1 heterocycles. The van der Waals surface area contributed by atoms with Crippen molar-refractivity contribution in [1.82, 2.24) is 4.90 Å². The standard InChI is InChI=1S/C22H26N2O2/c1-16-12-17(2)14-20(13-16)23-22(26)19-8-10-24(11-9-19)21(25)15-18-6-4-3-5-7-18/h3-7,12-14,19H,8-11,15H2,1-2H3,(H,23,26). The Balaban J connectivity index is 1.51. The number of aryl methyl sites for hydroxylation is 2. The van der Waals surface area contributed by atoms with Crippen LogP contribution in [-0.4, -0.2) is 29.8 Å². The summed E-state index contributed by atoms with van der Waals surface area (Å²) < 4.78 is 0. The van der Waals surface area contributed by atoms with E-state index in [1.54, 1.807) is 0 Å². The van der Waals surface area contributed by atoms with Crippen molar-refractivity contribution < 1.29 is 9.59 Å². The number of likely N-dealkylation sites (tertiary alicyclic amines) is 1. The van der Waals surface area contributed by atoms with Gasteiger partial charge >= 0.3 is 0 Å². The third-order valence-corrected chi connectivity index (χ3v) is 4.91. The molecule has 1 aliphatic rings. The summed E-state index contributed by atoms with van der Waals surface area (Å²) in [6.45, 7) is 5.35. The zero-order chi connectivity index (χ0) is 18.5. The van der Waals surface area contributed by atoms with E-state index in [1.807, 2.05) is 61.2 Å². The number of nitrogens with one attached hydrogen (secondary N) is 1. The summed E-state index contributed by atoms with van der Waals surface area (Å²) in [6, 6.07) is 15.9. The van der Waals surface area contributed by atoms with Gasteiger partial charge in [-0.3, -0.25) is 9.59 Å². The third kappa shape index (κ3) is 4.72. The number of hydrogen-bond acceptors (Lipinski definition) is 2. The van der Waals surface area contributed by atoms with Crippen LogP contribution in [-0.2, 0) is 16.0 Å². The van der Waals surface area contributed by atoms with Crippen LogP contribution in [0.4, 0.5) is 5.69 Å². The number of carbonyl (C=O) groups excluding carboxylic acids is 2. The molecule has 1 saturated heterocycles. The van der Waals surface area contributed by atoms with E-state index in [2.05, 4.69) is 11.4 Å². The highest BCUT2D eigenvalue weighted by molar-refractivity contribution is 5.93. The van der Waals surface area contributed by atoms with E-state index in [1.165, 1.54) is 0 Å². The Morgan fingerprint density at radius 1 is 1.00 bits per heavy atom. The molecule has 0 radical (unpaired) electrons. The van der Waals surface area contributed by atoms with Crippen molar-refractivity contribution in [2.45, 2.75) is 33.1 Å². The topological polar surface area (TPSA) is 49.4 Å². The van der Waals surface area contributed by atoms with Gasteiger partial charge in [0.25, 0.3) is 0 Å². The maximum absolute atomic E-state index is 12.5. The average molecular weight is 350 g/mol. The van der Waals surface area contributed by atoms with Crippen molar-refractivity contribution in [3.05, 3.63) is 65.2 Å². The van der Waals surface area contributed by atoms with Gasteiger partial charge in [-0.25, -0.2) is 0 Å². The summed E-state index contributed by atoms with van der Waals surface area (Å²) in [5.74, 6) is 0.172. The van der Waals surface area contributed by atoms with Crippen LogP contribution in [0.15, 0.2) is 48.5 Å². The van der Waals surface area contributed by atoms with E-state index in [0.717, 1.165) is 35.2 Å². The van der Waals surface area contributed by atoms with Crippen LogP contribution in [0.1, 0.15) is 29.5 Å². The number of anilines is 1. The molecule has 0 atom stereocenters. The monoisotopic (exact) mass is 350 g/mol. The molecular formula is C22H26N2O2. The molecule has 0 bridgehead atoms. The quantitative estimate of drug-likeness (QED) is 0.913. The molecule has 2 aromatic carbocycles. The molecule has 26 heavy (non-hydrogen) atoms. The summed E-state index contributed by atoms with van der Waals surface area (Å²) in [5, 5.41) is 3.03. The summed E-state index contributed by atoms with van der Waals surface area (Å²) >= 11 is 0. The first-order chi connectivity index (χ1) is 12.5. The lowest BCUT2D eigenvalue weighted by atomic mass is 9.95. The molecule has 0 unspecified atom stereocenters. The molecule has 136 valence electrons. The zero-order valence-electron chi connectivity index (χ0n) is 15.5. The van der Waals surface area contributed by atoms with Crippen molar-refractivity contribution in [3.63, 3.8) is 0 Å². The maximum atomic E-state index is 12.5. The van der Waals surface area contributed by atoms with Gasteiger partial charge in [-0.05, 0) is 55.5 Å². The fourth-order valence-electron chi connectivity index (χ4n) is 3.56. The van der Waals surface area contributed by atoms with E-state index >= 15 is 0 Å². The van der Waals surface area contributed by atoms with Crippen molar-refractivity contribution in [1.29, 1.82) is 0 Å². The molecule has 4 nitrogen and oxygen atoms in total. The number of benzene rings is 2. The van der Waals surface area contributed by atoms with Crippen molar-refractivity contribution in [2.24, 2.45) is 5.92 Å². The number of rotatable bonds is 4. The SMILES string of the molecule is Cc1cc(C)cc(NC(=O)C2CCN(C(=O)Cc3ccccc3)CC2)c1. The summed E-state index contributed by atoms with van der Waals surface area (Å²) in [5.41, 5.74) is 4.17.